The van der Waals surface area contributed by atoms with Crippen LogP contribution in [0.15, 0.2) is 41.5 Å². The smallest absolute Gasteiger partial charge is 0.263 e. The van der Waals surface area contributed by atoms with Crippen molar-refractivity contribution in [3.8, 4) is 0 Å². The zero-order valence-corrected chi connectivity index (χ0v) is 15.4. The van der Waals surface area contributed by atoms with E-state index < -0.39 is 11.5 Å². The van der Waals surface area contributed by atoms with Crippen LogP contribution in [0, 0.1) is 6.92 Å². The Balaban J connectivity index is 1.64. The molecule has 0 aliphatic heterocycles. The van der Waals surface area contributed by atoms with Crippen LogP contribution in [-0.2, 0) is 17.9 Å². The number of pyridine rings is 2. The van der Waals surface area contributed by atoms with Crippen molar-refractivity contribution in [2.24, 2.45) is 0 Å². The number of carbonyl (C=O) groups is 2. The van der Waals surface area contributed by atoms with E-state index in [-0.39, 0.29) is 30.6 Å². The Bertz CT molecular complexity index is 885. The lowest BCUT2D eigenvalue weighted by atomic mass is 10.2. The Kier molecular flexibility index (Phi) is 6.01. The van der Waals surface area contributed by atoms with Crippen LogP contribution in [0.25, 0.3) is 0 Å². The molecule has 3 rings (SSSR count). The molecule has 0 atom stereocenters. The average molecular weight is 368 g/mol. The highest BCUT2D eigenvalue weighted by atomic mass is 16.2. The summed E-state index contributed by atoms with van der Waals surface area (Å²) in [6, 6.07) is 7.00. The maximum Gasteiger partial charge on any atom is 0.263 e. The van der Waals surface area contributed by atoms with Gasteiger partial charge in [0, 0.05) is 18.4 Å². The van der Waals surface area contributed by atoms with Crippen LogP contribution >= 0.6 is 0 Å². The first-order valence-electron chi connectivity index (χ1n) is 9.22. The van der Waals surface area contributed by atoms with Gasteiger partial charge >= 0.3 is 0 Å². The lowest BCUT2D eigenvalue weighted by Crippen LogP contribution is -2.39. The number of aryl methyl sites for hydroxylation is 1. The first-order valence-corrected chi connectivity index (χ1v) is 9.22. The number of carbonyl (C=O) groups excluding carboxylic acids is 2. The summed E-state index contributed by atoms with van der Waals surface area (Å²) in [7, 11) is 0. The lowest BCUT2D eigenvalue weighted by molar-refractivity contribution is -0.122. The molecule has 2 aromatic heterocycles. The molecule has 2 N–H and O–H groups in total. The normalized spacial score (nSPS) is 14.1. The molecule has 142 valence electrons. The molecule has 0 spiro atoms. The van der Waals surface area contributed by atoms with Crippen LogP contribution in [0.1, 0.15) is 47.3 Å². The van der Waals surface area contributed by atoms with E-state index in [1.54, 1.807) is 12.3 Å². The van der Waals surface area contributed by atoms with E-state index in [1.807, 2.05) is 19.1 Å². The first kappa shape index (κ1) is 18.8. The molecule has 7 nitrogen and oxygen atoms in total. The van der Waals surface area contributed by atoms with Gasteiger partial charge in [-0.2, -0.15) is 0 Å². The van der Waals surface area contributed by atoms with Crippen molar-refractivity contribution in [2.45, 2.75) is 51.7 Å². The van der Waals surface area contributed by atoms with Gasteiger partial charge in [-0.3, -0.25) is 19.4 Å². The molecule has 0 aromatic carbocycles. The largest absolute Gasteiger partial charge is 0.352 e. The fourth-order valence-corrected chi connectivity index (χ4v) is 3.30. The molecule has 0 bridgehead atoms. The SMILES string of the molecule is Cc1cccnc1CNC(=O)c1cccn(CC(=O)NC2CCCC2)c1=O. The minimum absolute atomic E-state index is 0.0137. The van der Waals surface area contributed by atoms with Crippen molar-refractivity contribution >= 4 is 11.8 Å². The molecular formula is C20H24N4O3. The van der Waals surface area contributed by atoms with Crippen molar-refractivity contribution < 1.29 is 9.59 Å². The van der Waals surface area contributed by atoms with E-state index in [1.165, 1.54) is 16.8 Å². The Morgan fingerprint density at radius 2 is 2.00 bits per heavy atom. The Labute approximate surface area is 157 Å². The van der Waals surface area contributed by atoms with E-state index in [0.29, 0.717) is 0 Å². The van der Waals surface area contributed by atoms with E-state index in [0.717, 1.165) is 36.9 Å². The van der Waals surface area contributed by atoms with E-state index in [4.69, 9.17) is 0 Å². The molecule has 7 heteroatoms. The third-order valence-corrected chi connectivity index (χ3v) is 4.83. The molecule has 1 aliphatic rings. The summed E-state index contributed by atoms with van der Waals surface area (Å²) >= 11 is 0. The maximum atomic E-state index is 12.6. The maximum absolute atomic E-state index is 12.6. The second-order valence-electron chi connectivity index (χ2n) is 6.85. The molecule has 27 heavy (non-hydrogen) atoms. The molecule has 1 aliphatic carbocycles. The molecule has 1 saturated carbocycles. The van der Waals surface area contributed by atoms with Crippen LogP contribution in [0.3, 0.4) is 0 Å². The highest BCUT2D eigenvalue weighted by molar-refractivity contribution is 5.93. The zero-order valence-electron chi connectivity index (χ0n) is 15.4. The molecule has 2 amide bonds. The Hall–Kier alpha value is -2.96. The third kappa shape index (κ3) is 4.81. The number of hydrogen-bond donors (Lipinski definition) is 2. The van der Waals surface area contributed by atoms with E-state index in [9.17, 15) is 14.4 Å². The van der Waals surface area contributed by atoms with Gasteiger partial charge in [0.25, 0.3) is 11.5 Å². The fourth-order valence-electron chi connectivity index (χ4n) is 3.30. The summed E-state index contributed by atoms with van der Waals surface area (Å²) in [4.78, 5) is 41.4. The van der Waals surface area contributed by atoms with Crippen LogP contribution < -0.4 is 16.2 Å². The summed E-state index contributed by atoms with van der Waals surface area (Å²) in [6.07, 6.45) is 7.39. The molecule has 2 heterocycles. The number of nitrogens with one attached hydrogen (secondary N) is 2. The predicted octanol–water partition coefficient (Wildman–Crippen LogP) is 1.54. The van der Waals surface area contributed by atoms with Gasteiger partial charge in [0.2, 0.25) is 5.91 Å². The van der Waals surface area contributed by atoms with Crippen LogP contribution in [0.2, 0.25) is 0 Å². The summed E-state index contributed by atoms with van der Waals surface area (Å²) in [5, 5.41) is 5.67. The first-order chi connectivity index (χ1) is 13.0. The van der Waals surface area contributed by atoms with Crippen LogP contribution in [-0.4, -0.2) is 27.4 Å². The summed E-state index contributed by atoms with van der Waals surface area (Å²) in [5.41, 5.74) is 1.25. The summed E-state index contributed by atoms with van der Waals surface area (Å²) in [5.74, 6) is -0.679. The van der Waals surface area contributed by atoms with Crippen molar-refractivity contribution in [3.63, 3.8) is 0 Å². The minimum atomic E-state index is -0.477. The van der Waals surface area contributed by atoms with Crippen LogP contribution in [0.5, 0.6) is 0 Å². The molecule has 2 aromatic rings. The monoisotopic (exact) mass is 368 g/mol. The van der Waals surface area contributed by atoms with Gasteiger partial charge in [-0.15, -0.1) is 0 Å². The number of aromatic nitrogens is 2. The summed E-state index contributed by atoms with van der Waals surface area (Å²) < 4.78 is 1.27. The van der Waals surface area contributed by atoms with Crippen molar-refractivity contribution in [1.82, 2.24) is 20.2 Å². The van der Waals surface area contributed by atoms with Gasteiger partial charge in [-0.1, -0.05) is 18.9 Å². The molecule has 0 unspecified atom stereocenters. The van der Waals surface area contributed by atoms with Crippen molar-refractivity contribution in [2.75, 3.05) is 0 Å². The predicted molar refractivity (Wildman–Crippen MR) is 101 cm³/mol. The second kappa shape index (κ2) is 8.62. The minimum Gasteiger partial charge on any atom is -0.352 e. The van der Waals surface area contributed by atoms with Gasteiger partial charge < -0.3 is 15.2 Å². The van der Waals surface area contributed by atoms with Gasteiger partial charge in [-0.25, -0.2) is 0 Å². The lowest BCUT2D eigenvalue weighted by Gasteiger charge is -2.13. The topological polar surface area (TPSA) is 93.1 Å². The number of nitrogens with zero attached hydrogens (tertiary/aromatic N) is 2. The highest BCUT2D eigenvalue weighted by Crippen LogP contribution is 2.17. The standard InChI is InChI=1S/C20H24N4O3/c1-14-6-4-10-21-17(14)12-22-19(26)16-9-5-11-24(20(16)27)13-18(25)23-15-7-2-3-8-15/h4-6,9-11,15H,2-3,7-8,12-13H2,1H3,(H,22,26)(H,23,25). The molecular weight excluding hydrogens is 344 g/mol. The molecule has 1 fully saturated rings. The fraction of sp³-hybridized carbons (Fsp3) is 0.400. The number of hydrogen-bond acceptors (Lipinski definition) is 4. The zero-order chi connectivity index (χ0) is 19.2. The number of rotatable bonds is 6. The highest BCUT2D eigenvalue weighted by Gasteiger charge is 2.18. The van der Waals surface area contributed by atoms with Gasteiger partial charge in [0.15, 0.2) is 0 Å². The van der Waals surface area contributed by atoms with Gasteiger partial charge in [0.05, 0.1) is 12.2 Å². The van der Waals surface area contributed by atoms with E-state index in [2.05, 4.69) is 15.6 Å². The van der Waals surface area contributed by atoms with Gasteiger partial charge in [0.1, 0.15) is 12.1 Å². The summed E-state index contributed by atoms with van der Waals surface area (Å²) in [6.45, 7) is 2.06. The van der Waals surface area contributed by atoms with Crippen LogP contribution in [0.4, 0.5) is 0 Å². The number of amides is 2. The van der Waals surface area contributed by atoms with Crippen molar-refractivity contribution in [3.05, 3.63) is 63.8 Å². The second-order valence-corrected chi connectivity index (χ2v) is 6.85. The quantitative estimate of drug-likeness (QED) is 0.809. The van der Waals surface area contributed by atoms with Crippen molar-refractivity contribution in [1.29, 1.82) is 0 Å². The molecule has 0 saturated heterocycles. The van der Waals surface area contributed by atoms with Gasteiger partial charge in [-0.05, 0) is 43.5 Å². The molecule has 0 radical (unpaired) electrons. The third-order valence-electron chi connectivity index (χ3n) is 4.83. The Morgan fingerprint density at radius 3 is 2.74 bits per heavy atom. The average Bonchev–Trinajstić information content (AvgIpc) is 3.15. The Morgan fingerprint density at radius 1 is 1.22 bits per heavy atom. The van der Waals surface area contributed by atoms with E-state index >= 15 is 0 Å².